The van der Waals surface area contributed by atoms with Gasteiger partial charge in [-0.25, -0.2) is 0 Å². The average molecular weight is 383 g/mol. The van der Waals surface area contributed by atoms with E-state index in [0.717, 1.165) is 28.5 Å². The average Bonchev–Trinajstić information content (AvgIpc) is 3.09. The van der Waals surface area contributed by atoms with Crippen LogP contribution in [0.2, 0.25) is 0 Å². The van der Waals surface area contributed by atoms with Gasteiger partial charge in [-0.3, -0.25) is 4.79 Å². The van der Waals surface area contributed by atoms with Gasteiger partial charge < -0.3 is 4.90 Å². The van der Waals surface area contributed by atoms with Crippen LogP contribution in [0.5, 0.6) is 0 Å². The van der Waals surface area contributed by atoms with E-state index in [0.29, 0.717) is 0 Å². The monoisotopic (exact) mass is 383 g/mol. The minimum atomic E-state index is 0.158. The fourth-order valence-electron chi connectivity index (χ4n) is 2.58. The SMILES string of the molecule is O=C(c1ccc(I)cc1)N1CCCC1c1ccsc1. The number of hydrogen-bond donors (Lipinski definition) is 0. The Morgan fingerprint density at radius 3 is 2.74 bits per heavy atom. The lowest BCUT2D eigenvalue weighted by Crippen LogP contribution is -2.30. The molecule has 4 heteroatoms. The van der Waals surface area contributed by atoms with Gasteiger partial charge in [0.05, 0.1) is 6.04 Å². The van der Waals surface area contributed by atoms with Crippen molar-refractivity contribution in [3.8, 4) is 0 Å². The lowest BCUT2D eigenvalue weighted by molar-refractivity contribution is 0.0736. The Bertz CT molecular complexity index is 564. The summed E-state index contributed by atoms with van der Waals surface area (Å²) in [5.74, 6) is 0.158. The summed E-state index contributed by atoms with van der Waals surface area (Å²) in [5, 5.41) is 4.24. The lowest BCUT2D eigenvalue weighted by Gasteiger charge is -2.24. The number of rotatable bonds is 2. The van der Waals surface area contributed by atoms with Crippen LogP contribution in [-0.2, 0) is 0 Å². The quantitative estimate of drug-likeness (QED) is 0.707. The van der Waals surface area contributed by atoms with Gasteiger partial charge in [-0.2, -0.15) is 11.3 Å². The first-order valence-corrected chi connectivity index (χ1v) is 8.36. The van der Waals surface area contributed by atoms with E-state index in [1.54, 1.807) is 11.3 Å². The van der Waals surface area contributed by atoms with Crippen LogP contribution in [0.3, 0.4) is 0 Å². The molecule has 0 N–H and O–H groups in total. The van der Waals surface area contributed by atoms with E-state index in [9.17, 15) is 4.79 Å². The minimum Gasteiger partial charge on any atom is -0.332 e. The first-order chi connectivity index (χ1) is 9.25. The summed E-state index contributed by atoms with van der Waals surface area (Å²) in [7, 11) is 0. The molecular formula is C15H14INOS. The van der Waals surface area contributed by atoms with Crippen LogP contribution in [0.25, 0.3) is 0 Å². The van der Waals surface area contributed by atoms with Gasteiger partial charge in [-0.05, 0) is 82.1 Å². The van der Waals surface area contributed by atoms with Crippen molar-refractivity contribution in [1.29, 1.82) is 0 Å². The Balaban J connectivity index is 1.84. The Kier molecular flexibility index (Phi) is 3.88. The van der Waals surface area contributed by atoms with E-state index in [2.05, 4.69) is 39.4 Å². The van der Waals surface area contributed by atoms with Crippen molar-refractivity contribution in [1.82, 2.24) is 4.90 Å². The maximum Gasteiger partial charge on any atom is 0.254 e. The van der Waals surface area contributed by atoms with Gasteiger partial charge in [-0.1, -0.05) is 0 Å². The second kappa shape index (κ2) is 5.63. The minimum absolute atomic E-state index is 0.158. The summed E-state index contributed by atoms with van der Waals surface area (Å²) in [6, 6.07) is 10.2. The Labute approximate surface area is 130 Å². The van der Waals surface area contributed by atoms with Crippen molar-refractivity contribution in [2.45, 2.75) is 18.9 Å². The van der Waals surface area contributed by atoms with Crippen LogP contribution in [0.15, 0.2) is 41.1 Å². The fraction of sp³-hybridized carbons (Fsp3) is 0.267. The van der Waals surface area contributed by atoms with Crippen molar-refractivity contribution in [3.05, 3.63) is 55.8 Å². The zero-order chi connectivity index (χ0) is 13.2. The summed E-state index contributed by atoms with van der Waals surface area (Å²) in [4.78, 5) is 14.6. The highest BCUT2D eigenvalue weighted by atomic mass is 127. The van der Waals surface area contributed by atoms with Gasteiger partial charge in [0, 0.05) is 15.7 Å². The number of benzene rings is 1. The van der Waals surface area contributed by atoms with Crippen molar-refractivity contribution in [2.24, 2.45) is 0 Å². The van der Waals surface area contributed by atoms with E-state index in [4.69, 9.17) is 0 Å². The normalized spacial score (nSPS) is 18.8. The molecule has 0 aliphatic carbocycles. The van der Waals surface area contributed by atoms with E-state index in [1.165, 1.54) is 5.56 Å². The third-order valence-corrected chi connectivity index (χ3v) is 4.95. The lowest BCUT2D eigenvalue weighted by atomic mass is 10.1. The van der Waals surface area contributed by atoms with Gasteiger partial charge in [0.1, 0.15) is 0 Å². The van der Waals surface area contributed by atoms with Crippen LogP contribution in [0.4, 0.5) is 0 Å². The number of carbonyl (C=O) groups excluding carboxylic acids is 1. The first kappa shape index (κ1) is 13.1. The van der Waals surface area contributed by atoms with Crippen molar-refractivity contribution < 1.29 is 4.79 Å². The molecule has 2 nitrogen and oxygen atoms in total. The van der Waals surface area contributed by atoms with Crippen molar-refractivity contribution in [3.63, 3.8) is 0 Å². The van der Waals surface area contributed by atoms with Gasteiger partial charge in [0.15, 0.2) is 0 Å². The van der Waals surface area contributed by atoms with Crippen molar-refractivity contribution in [2.75, 3.05) is 6.54 Å². The highest BCUT2D eigenvalue weighted by Gasteiger charge is 2.30. The molecule has 3 rings (SSSR count). The number of hydrogen-bond acceptors (Lipinski definition) is 2. The second-order valence-electron chi connectivity index (χ2n) is 4.72. The summed E-state index contributed by atoms with van der Waals surface area (Å²) < 4.78 is 1.16. The molecule has 2 heterocycles. The van der Waals surface area contributed by atoms with Crippen LogP contribution < -0.4 is 0 Å². The molecular weight excluding hydrogens is 369 g/mol. The van der Waals surface area contributed by atoms with Crippen LogP contribution in [0.1, 0.15) is 34.8 Å². The maximum absolute atomic E-state index is 12.6. The third-order valence-electron chi connectivity index (χ3n) is 3.53. The van der Waals surface area contributed by atoms with Crippen LogP contribution >= 0.6 is 33.9 Å². The van der Waals surface area contributed by atoms with E-state index >= 15 is 0 Å². The number of likely N-dealkylation sites (tertiary alicyclic amines) is 1. The molecule has 1 aliphatic rings. The number of nitrogens with zero attached hydrogens (tertiary/aromatic N) is 1. The standard InChI is InChI=1S/C15H14INOS/c16-13-5-3-11(4-6-13)15(18)17-8-1-2-14(17)12-7-9-19-10-12/h3-7,9-10,14H,1-2,8H2. The highest BCUT2D eigenvalue weighted by Crippen LogP contribution is 2.34. The van der Waals surface area contributed by atoms with Crippen LogP contribution in [0, 0.1) is 3.57 Å². The molecule has 2 aromatic rings. The van der Waals surface area contributed by atoms with Gasteiger partial charge >= 0.3 is 0 Å². The molecule has 1 aliphatic heterocycles. The molecule has 0 spiro atoms. The largest absolute Gasteiger partial charge is 0.332 e. The predicted molar refractivity (Wildman–Crippen MR) is 86.5 cm³/mol. The number of halogens is 1. The zero-order valence-corrected chi connectivity index (χ0v) is 13.4. The van der Waals surface area contributed by atoms with Crippen molar-refractivity contribution >= 4 is 39.8 Å². The summed E-state index contributed by atoms with van der Waals surface area (Å²) in [6.45, 7) is 0.866. The predicted octanol–water partition coefficient (Wildman–Crippen LogP) is 4.33. The Hall–Kier alpha value is -0.880. The second-order valence-corrected chi connectivity index (χ2v) is 6.75. The maximum atomic E-state index is 12.6. The van der Waals surface area contributed by atoms with Gasteiger partial charge in [-0.15, -0.1) is 0 Å². The molecule has 1 aromatic carbocycles. The molecule has 1 unspecified atom stereocenters. The molecule has 1 atom stereocenters. The molecule has 0 radical (unpaired) electrons. The molecule has 1 amide bonds. The molecule has 98 valence electrons. The molecule has 1 aromatic heterocycles. The Morgan fingerprint density at radius 1 is 1.26 bits per heavy atom. The summed E-state index contributed by atoms with van der Waals surface area (Å²) in [6.07, 6.45) is 2.17. The third kappa shape index (κ3) is 2.69. The fourth-order valence-corrected chi connectivity index (χ4v) is 3.65. The van der Waals surface area contributed by atoms with E-state index in [1.807, 2.05) is 29.2 Å². The summed E-state index contributed by atoms with van der Waals surface area (Å²) >= 11 is 3.96. The van der Waals surface area contributed by atoms with E-state index < -0.39 is 0 Å². The van der Waals surface area contributed by atoms with Gasteiger partial charge in [0.2, 0.25) is 0 Å². The number of thiophene rings is 1. The highest BCUT2D eigenvalue weighted by molar-refractivity contribution is 14.1. The first-order valence-electron chi connectivity index (χ1n) is 6.34. The molecule has 1 saturated heterocycles. The molecule has 19 heavy (non-hydrogen) atoms. The van der Waals surface area contributed by atoms with E-state index in [-0.39, 0.29) is 11.9 Å². The van der Waals surface area contributed by atoms with Gasteiger partial charge in [0.25, 0.3) is 5.91 Å². The van der Waals surface area contributed by atoms with Crippen LogP contribution in [-0.4, -0.2) is 17.4 Å². The number of carbonyl (C=O) groups is 1. The molecule has 0 bridgehead atoms. The smallest absolute Gasteiger partial charge is 0.254 e. The number of amides is 1. The zero-order valence-electron chi connectivity index (χ0n) is 10.4. The summed E-state index contributed by atoms with van der Waals surface area (Å²) in [5.41, 5.74) is 2.07. The topological polar surface area (TPSA) is 20.3 Å². The molecule has 1 fully saturated rings. The Morgan fingerprint density at radius 2 is 2.05 bits per heavy atom. The molecule has 0 saturated carbocycles.